The Balaban J connectivity index is 1.53. The Bertz CT molecular complexity index is 965. The van der Waals surface area contributed by atoms with E-state index in [-0.39, 0.29) is 11.8 Å². The predicted octanol–water partition coefficient (Wildman–Crippen LogP) is 4.79. The van der Waals surface area contributed by atoms with E-state index in [2.05, 4.69) is 15.6 Å². The Morgan fingerprint density at radius 1 is 1.00 bits per heavy atom. The van der Waals surface area contributed by atoms with Gasteiger partial charge in [0.25, 0.3) is 5.91 Å². The van der Waals surface area contributed by atoms with E-state index in [1.54, 1.807) is 48.4 Å². The van der Waals surface area contributed by atoms with Crippen LogP contribution in [0.4, 0.5) is 5.69 Å². The first-order chi connectivity index (χ1) is 14.1. The minimum Gasteiger partial charge on any atom is -0.348 e. The minimum atomic E-state index is -0.250. The second-order valence-corrected chi connectivity index (χ2v) is 7.79. The molecule has 0 saturated heterocycles. The van der Waals surface area contributed by atoms with Crippen molar-refractivity contribution in [2.45, 2.75) is 17.9 Å². The van der Waals surface area contributed by atoms with Crippen molar-refractivity contribution in [1.29, 1.82) is 0 Å². The first-order valence-electron chi connectivity index (χ1n) is 9.06. The molecule has 0 bridgehead atoms. The molecule has 0 spiro atoms. The third-order valence-electron chi connectivity index (χ3n) is 4.03. The summed E-state index contributed by atoms with van der Waals surface area (Å²) in [6.45, 7) is 0.368. The Morgan fingerprint density at radius 2 is 1.79 bits per heavy atom. The lowest BCUT2D eigenvalue weighted by Crippen LogP contribution is -2.25. The predicted molar refractivity (Wildman–Crippen MR) is 117 cm³/mol. The molecule has 5 nitrogen and oxygen atoms in total. The summed E-state index contributed by atoms with van der Waals surface area (Å²) in [5.74, 6) is 0.238. The maximum Gasteiger partial charge on any atom is 0.253 e. The summed E-state index contributed by atoms with van der Waals surface area (Å²) in [6, 6.07) is 18.2. The molecule has 148 valence electrons. The Hall–Kier alpha value is -2.83. The number of aromatic nitrogens is 1. The maximum absolute atomic E-state index is 12.5. The normalized spacial score (nSPS) is 10.4. The highest BCUT2D eigenvalue weighted by molar-refractivity contribution is 7.99. The van der Waals surface area contributed by atoms with Crippen molar-refractivity contribution in [3.05, 3.63) is 89.2 Å². The molecule has 2 amide bonds. The number of para-hydroxylation sites is 1. The highest BCUT2D eigenvalue weighted by atomic mass is 35.5. The van der Waals surface area contributed by atoms with Crippen LogP contribution in [0.15, 0.2) is 78.0 Å². The molecule has 0 unspecified atom stereocenters. The van der Waals surface area contributed by atoms with Crippen LogP contribution >= 0.6 is 23.4 Å². The Kier molecular flexibility index (Phi) is 7.67. The Morgan fingerprint density at radius 3 is 2.55 bits per heavy atom. The molecule has 0 radical (unpaired) electrons. The molecule has 2 N–H and O–H groups in total. The summed E-state index contributed by atoms with van der Waals surface area (Å²) in [5, 5.41) is 6.38. The highest BCUT2D eigenvalue weighted by Gasteiger charge is 2.13. The van der Waals surface area contributed by atoms with Crippen molar-refractivity contribution in [3.8, 4) is 0 Å². The molecule has 3 rings (SSSR count). The van der Waals surface area contributed by atoms with E-state index in [0.29, 0.717) is 35.0 Å². The van der Waals surface area contributed by atoms with Gasteiger partial charge in [-0.15, -0.1) is 11.8 Å². The van der Waals surface area contributed by atoms with E-state index in [0.717, 1.165) is 10.5 Å². The van der Waals surface area contributed by atoms with Gasteiger partial charge in [-0.2, -0.15) is 0 Å². The van der Waals surface area contributed by atoms with Gasteiger partial charge in [0, 0.05) is 41.0 Å². The lowest BCUT2D eigenvalue weighted by Gasteiger charge is -2.11. The third kappa shape index (κ3) is 6.62. The zero-order chi connectivity index (χ0) is 20.5. The van der Waals surface area contributed by atoms with Crippen molar-refractivity contribution < 1.29 is 9.59 Å². The van der Waals surface area contributed by atoms with Crippen LogP contribution in [-0.4, -0.2) is 22.6 Å². The number of hydrogen-bond acceptors (Lipinski definition) is 4. The molecule has 0 saturated carbocycles. The van der Waals surface area contributed by atoms with Gasteiger partial charge in [-0.05, 0) is 48.0 Å². The van der Waals surface area contributed by atoms with Gasteiger partial charge in [0.15, 0.2) is 0 Å². The fourth-order valence-electron chi connectivity index (χ4n) is 2.58. The number of halogens is 1. The molecule has 0 aliphatic rings. The molecular weight excluding hydrogens is 406 g/mol. The van der Waals surface area contributed by atoms with E-state index in [4.69, 9.17) is 11.6 Å². The number of pyridine rings is 1. The van der Waals surface area contributed by atoms with Crippen LogP contribution in [0, 0.1) is 0 Å². The van der Waals surface area contributed by atoms with Crippen LogP contribution < -0.4 is 10.6 Å². The van der Waals surface area contributed by atoms with E-state index < -0.39 is 0 Å². The molecule has 7 heteroatoms. The van der Waals surface area contributed by atoms with Gasteiger partial charge in [0.05, 0.1) is 11.3 Å². The van der Waals surface area contributed by atoms with Gasteiger partial charge >= 0.3 is 0 Å². The summed E-state index contributed by atoms with van der Waals surface area (Å²) in [7, 11) is 0. The first kappa shape index (κ1) is 20.9. The summed E-state index contributed by atoms with van der Waals surface area (Å²) in [5.41, 5.74) is 1.83. The first-order valence-corrected chi connectivity index (χ1v) is 10.4. The summed E-state index contributed by atoms with van der Waals surface area (Å²) < 4.78 is 0. The van der Waals surface area contributed by atoms with Gasteiger partial charge < -0.3 is 10.6 Å². The average molecular weight is 426 g/mol. The zero-order valence-electron chi connectivity index (χ0n) is 15.6. The number of anilines is 1. The summed E-state index contributed by atoms with van der Waals surface area (Å²) in [6.07, 6.45) is 3.71. The number of carbonyl (C=O) groups excluding carboxylic acids is 2. The molecule has 2 aromatic carbocycles. The van der Waals surface area contributed by atoms with Crippen LogP contribution in [0.1, 0.15) is 22.3 Å². The number of nitrogens with one attached hydrogen (secondary N) is 2. The highest BCUT2D eigenvalue weighted by Crippen LogP contribution is 2.21. The molecule has 0 atom stereocenters. The fraction of sp³-hybridized carbons (Fsp3) is 0.136. The number of nitrogens with zero attached hydrogens (tertiary/aromatic N) is 1. The number of thioether (sulfide) groups is 1. The van der Waals surface area contributed by atoms with E-state index in [9.17, 15) is 9.59 Å². The van der Waals surface area contributed by atoms with Crippen molar-refractivity contribution in [3.63, 3.8) is 0 Å². The number of hydrogen-bond donors (Lipinski definition) is 2. The van der Waals surface area contributed by atoms with Crippen LogP contribution in [0.3, 0.4) is 0 Å². The molecular formula is C22H20ClN3O2S. The van der Waals surface area contributed by atoms with Crippen molar-refractivity contribution in [2.75, 3.05) is 11.1 Å². The topological polar surface area (TPSA) is 71.1 Å². The van der Waals surface area contributed by atoms with Crippen LogP contribution in [0.2, 0.25) is 5.02 Å². The average Bonchev–Trinajstić information content (AvgIpc) is 2.74. The number of rotatable bonds is 8. The molecule has 29 heavy (non-hydrogen) atoms. The zero-order valence-corrected chi connectivity index (χ0v) is 17.2. The second kappa shape index (κ2) is 10.6. The van der Waals surface area contributed by atoms with Gasteiger partial charge in [-0.25, -0.2) is 0 Å². The number of amides is 2. The van der Waals surface area contributed by atoms with Crippen LogP contribution in [-0.2, 0) is 11.3 Å². The second-order valence-electron chi connectivity index (χ2n) is 6.19. The molecule has 0 aliphatic carbocycles. The van der Waals surface area contributed by atoms with Crippen molar-refractivity contribution in [1.82, 2.24) is 10.3 Å². The van der Waals surface area contributed by atoms with Gasteiger partial charge in [0.2, 0.25) is 5.91 Å². The smallest absolute Gasteiger partial charge is 0.253 e. The molecule has 3 aromatic rings. The Labute approximate surface area is 178 Å². The number of carbonyl (C=O) groups is 2. The monoisotopic (exact) mass is 425 g/mol. The molecule has 0 aliphatic heterocycles. The lowest BCUT2D eigenvalue weighted by atomic mass is 10.1. The lowest BCUT2D eigenvalue weighted by molar-refractivity contribution is -0.115. The largest absolute Gasteiger partial charge is 0.348 e. The molecule has 1 aromatic heterocycles. The van der Waals surface area contributed by atoms with E-state index in [1.165, 1.54) is 0 Å². The van der Waals surface area contributed by atoms with Crippen LogP contribution in [0.25, 0.3) is 0 Å². The number of benzene rings is 2. The summed E-state index contributed by atoms with van der Waals surface area (Å²) >= 11 is 7.45. The minimum absolute atomic E-state index is 0.140. The van der Waals surface area contributed by atoms with Crippen molar-refractivity contribution >= 4 is 40.9 Å². The third-order valence-corrected chi connectivity index (χ3v) is 5.30. The van der Waals surface area contributed by atoms with Gasteiger partial charge in [-0.1, -0.05) is 29.8 Å². The molecule has 0 fully saturated rings. The molecule has 1 heterocycles. The quantitative estimate of drug-likeness (QED) is 0.509. The van der Waals surface area contributed by atoms with E-state index in [1.807, 2.05) is 36.4 Å². The SMILES string of the molecule is O=C(CCSc1ccc(Cl)cc1)Nc1ccccc1C(=O)NCc1cccnc1. The van der Waals surface area contributed by atoms with Crippen LogP contribution in [0.5, 0.6) is 0 Å². The van der Waals surface area contributed by atoms with Gasteiger partial charge in [-0.3, -0.25) is 14.6 Å². The maximum atomic E-state index is 12.5. The van der Waals surface area contributed by atoms with E-state index >= 15 is 0 Å². The van der Waals surface area contributed by atoms with Crippen molar-refractivity contribution in [2.24, 2.45) is 0 Å². The summed E-state index contributed by atoms with van der Waals surface area (Å²) in [4.78, 5) is 30.0. The fourth-order valence-corrected chi connectivity index (χ4v) is 3.55. The standard InChI is InChI=1S/C22H20ClN3O2S/c23-17-7-9-18(10-8-17)29-13-11-21(27)26-20-6-2-1-5-19(20)22(28)25-15-16-4-3-12-24-14-16/h1-10,12,14H,11,13,15H2,(H,25,28)(H,26,27). The van der Waals surface area contributed by atoms with Gasteiger partial charge in [0.1, 0.15) is 0 Å².